The minimum absolute atomic E-state index is 0.529. The summed E-state index contributed by atoms with van der Waals surface area (Å²) in [6, 6.07) is 0. The highest BCUT2D eigenvalue weighted by Gasteiger charge is 2.24. The summed E-state index contributed by atoms with van der Waals surface area (Å²) in [5.41, 5.74) is 0.529. The first-order valence-electron chi connectivity index (χ1n) is 6.38. The second-order valence-corrected chi connectivity index (χ2v) is 6.74. The molecule has 0 aromatic rings. The van der Waals surface area contributed by atoms with Crippen LogP contribution in [0.5, 0.6) is 0 Å². The molecule has 0 amide bonds. The molecule has 14 heavy (non-hydrogen) atoms. The molecule has 2 atom stereocenters. The van der Waals surface area contributed by atoms with Gasteiger partial charge in [-0.15, -0.1) is 0 Å². The fourth-order valence-electron chi connectivity index (χ4n) is 2.78. The van der Waals surface area contributed by atoms with Gasteiger partial charge < -0.3 is 0 Å². The Morgan fingerprint density at radius 3 is 1.64 bits per heavy atom. The lowest BCUT2D eigenvalue weighted by Crippen LogP contribution is -2.12. The maximum atomic E-state index is 2.43. The number of hydrogen-bond acceptors (Lipinski definition) is 0. The van der Waals surface area contributed by atoms with Crippen molar-refractivity contribution in [1.82, 2.24) is 0 Å². The first-order chi connectivity index (χ1) is 6.38. The third-order valence-corrected chi connectivity index (χ3v) is 3.93. The van der Waals surface area contributed by atoms with E-state index in [9.17, 15) is 0 Å². The molecule has 0 aromatic carbocycles. The second-order valence-electron chi connectivity index (χ2n) is 6.74. The molecular formula is C14H28. The maximum absolute atomic E-state index is 2.43. The summed E-state index contributed by atoms with van der Waals surface area (Å²) in [4.78, 5) is 0. The molecule has 0 radical (unpaired) electrons. The third kappa shape index (κ3) is 4.02. The molecule has 1 aliphatic carbocycles. The summed E-state index contributed by atoms with van der Waals surface area (Å²) in [6.07, 6.45) is 7.29. The van der Waals surface area contributed by atoms with Crippen LogP contribution in [-0.4, -0.2) is 0 Å². The van der Waals surface area contributed by atoms with E-state index in [1.807, 2.05) is 0 Å². The normalized spacial score (nSPS) is 35.4. The lowest BCUT2D eigenvalue weighted by Gasteiger charge is -2.25. The molecule has 0 aromatic heterocycles. The minimum Gasteiger partial charge on any atom is -0.0623 e. The average molecular weight is 196 g/mol. The predicted octanol–water partition coefficient (Wildman–Crippen LogP) is 4.89. The average Bonchev–Trinajstić information content (AvgIpc) is 2.17. The molecule has 1 aliphatic rings. The van der Waals surface area contributed by atoms with Crippen molar-refractivity contribution in [2.24, 2.45) is 23.2 Å². The minimum atomic E-state index is 0.529. The smallest absolute Gasteiger partial charge is 0.0380 e. The Morgan fingerprint density at radius 2 is 1.29 bits per heavy atom. The fraction of sp³-hybridized carbons (Fsp3) is 1.00. The van der Waals surface area contributed by atoms with E-state index in [2.05, 4.69) is 34.6 Å². The van der Waals surface area contributed by atoms with E-state index in [-0.39, 0.29) is 0 Å². The topological polar surface area (TPSA) is 0 Å². The van der Waals surface area contributed by atoms with Gasteiger partial charge in [-0.25, -0.2) is 0 Å². The maximum Gasteiger partial charge on any atom is -0.0380 e. The zero-order valence-corrected chi connectivity index (χ0v) is 10.8. The van der Waals surface area contributed by atoms with Crippen LogP contribution in [0.3, 0.4) is 0 Å². The van der Waals surface area contributed by atoms with Gasteiger partial charge in [-0.05, 0) is 29.6 Å². The van der Waals surface area contributed by atoms with Crippen molar-refractivity contribution in [3.8, 4) is 0 Å². The molecule has 1 fully saturated rings. The van der Waals surface area contributed by atoms with Crippen molar-refractivity contribution in [1.29, 1.82) is 0 Å². The fourth-order valence-corrected chi connectivity index (χ4v) is 2.78. The highest BCUT2D eigenvalue weighted by Crippen LogP contribution is 2.37. The molecule has 0 nitrogen and oxygen atoms in total. The van der Waals surface area contributed by atoms with Crippen molar-refractivity contribution in [2.45, 2.75) is 66.7 Å². The molecule has 84 valence electrons. The van der Waals surface area contributed by atoms with Crippen molar-refractivity contribution in [3.05, 3.63) is 0 Å². The Balaban J connectivity index is 2.42. The summed E-state index contributed by atoms with van der Waals surface area (Å²) >= 11 is 0. The van der Waals surface area contributed by atoms with Crippen LogP contribution in [0.15, 0.2) is 0 Å². The SMILES string of the molecule is CC1CCC(CC(C)(C)C)CCC1C. The van der Waals surface area contributed by atoms with E-state index < -0.39 is 0 Å². The molecule has 0 aliphatic heterocycles. The lowest BCUT2D eigenvalue weighted by atomic mass is 9.81. The van der Waals surface area contributed by atoms with E-state index in [1.54, 1.807) is 0 Å². The Hall–Kier alpha value is 0. The molecule has 0 heterocycles. The highest BCUT2D eigenvalue weighted by molar-refractivity contribution is 4.76. The van der Waals surface area contributed by atoms with Crippen LogP contribution in [0, 0.1) is 23.2 Å². The molecule has 0 bridgehead atoms. The molecule has 0 N–H and O–H groups in total. The monoisotopic (exact) mass is 196 g/mol. The van der Waals surface area contributed by atoms with Crippen LogP contribution in [0.25, 0.3) is 0 Å². The van der Waals surface area contributed by atoms with E-state index in [0.717, 1.165) is 17.8 Å². The first kappa shape index (κ1) is 12.1. The van der Waals surface area contributed by atoms with Crippen molar-refractivity contribution in [2.75, 3.05) is 0 Å². The zero-order valence-electron chi connectivity index (χ0n) is 10.8. The van der Waals surface area contributed by atoms with Crippen LogP contribution in [-0.2, 0) is 0 Å². The summed E-state index contributed by atoms with van der Waals surface area (Å²) in [6.45, 7) is 12.0. The van der Waals surface area contributed by atoms with Crippen LogP contribution in [0.1, 0.15) is 66.7 Å². The van der Waals surface area contributed by atoms with Crippen LogP contribution < -0.4 is 0 Å². The summed E-state index contributed by atoms with van der Waals surface area (Å²) in [5.74, 6) is 2.92. The Morgan fingerprint density at radius 1 is 0.857 bits per heavy atom. The Kier molecular flexibility index (Phi) is 4.04. The van der Waals surface area contributed by atoms with Crippen molar-refractivity contribution >= 4 is 0 Å². The van der Waals surface area contributed by atoms with E-state index in [4.69, 9.17) is 0 Å². The van der Waals surface area contributed by atoms with Crippen molar-refractivity contribution < 1.29 is 0 Å². The number of hydrogen-bond donors (Lipinski definition) is 0. The van der Waals surface area contributed by atoms with Crippen LogP contribution in [0.2, 0.25) is 0 Å². The lowest BCUT2D eigenvalue weighted by molar-refractivity contribution is 0.271. The molecule has 1 saturated carbocycles. The van der Waals surface area contributed by atoms with Crippen LogP contribution in [0.4, 0.5) is 0 Å². The standard InChI is InChI=1S/C14H28/c1-11-6-8-13(9-7-12(11)2)10-14(3,4)5/h11-13H,6-10H2,1-5H3. The van der Waals surface area contributed by atoms with Gasteiger partial charge in [0.2, 0.25) is 0 Å². The predicted molar refractivity (Wildman–Crippen MR) is 64.4 cm³/mol. The summed E-state index contributed by atoms with van der Waals surface area (Å²) in [5, 5.41) is 0. The van der Waals surface area contributed by atoms with E-state index in [1.165, 1.54) is 32.1 Å². The summed E-state index contributed by atoms with van der Waals surface area (Å²) < 4.78 is 0. The second kappa shape index (κ2) is 4.68. The zero-order chi connectivity index (χ0) is 10.8. The van der Waals surface area contributed by atoms with Gasteiger partial charge in [0.05, 0.1) is 0 Å². The first-order valence-corrected chi connectivity index (χ1v) is 6.38. The molecule has 0 heteroatoms. The molecule has 1 rings (SSSR count). The van der Waals surface area contributed by atoms with Gasteiger partial charge in [0.25, 0.3) is 0 Å². The Bertz CT molecular complexity index is 151. The Labute approximate surface area is 90.5 Å². The summed E-state index contributed by atoms with van der Waals surface area (Å²) in [7, 11) is 0. The largest absolute Gasteiger partial charge is 0.0623 e. The highest BCUT2D eigenvalue weighted by atomic mass is 14.3. The van der Waals surface area contributed by atoms with Gasteiger partial charge in [-0.2, -0.15) is 0 Å². The molecule has 0 saturated heterocycles. The van der Waals surface area contributed by atoms with Gasteiger partial charge >= 0.3 is 0 Å². The van der Waals surface area contributed by atoms with E-state index in [0.29, 0.717) is 5.41 Å². The van der Waals surface area contributed by atoms with Gasteiger partial charge in [-0.1, -0.05) is 60.3 Å². The molecular weight excluding hydrogens is 168 g/mol. The third-order valence-electron chi connectivity index (χ3n) is 3.93. The van der Waals surface area contributed by atoms with Crippen molar-refractivity contribution in [3.63, 3.8) is 0 Å². The van der Waals surface area contributed by atoms with Gasteiger partial charge in [0.1, 0.15) is 0 Å². The van der Waals surface area contributed by atoms with Gasteiger partial charge in [-0.3, -0.25) is 0 Å². The molecule has 2 unspecified atom stereocenters. The van der Waals surface area contributed by atoms with Gasteiger partial charge in [0.15, 0.2) is 0 Å². The van der Waals surface area contributed by atoms with Gasteiger partial charge in [0, 0.05) is 0 Å². The van der Waals surface area contributed by atoms with E-state index >= 15 is 0 Å². The number of rotatable bonds is 1. The van der Waals surface area contributed by atoms with Crippen LogP contribution >= 0.6 is 0 Å². The quantitative estimate of drug-likeness (QED) is 0.524. The molecule has 0 spiro atoms.